The minimum absolute atomic E-state index is 0.0576. The zero-order valence-corrected chi connectivity index (χ0v) is 10.2. The van der Waals surface area contributed by atoms with Gasteiger partial charge in [0.05, 0.1) is 0 Å². The van der Waals surface area contributed by atoms with Gasteiger partial charge in [-0.15, -0.1) is 0 Å². The van der Waals surface area contributed by atoms with Gasteiger partial charge in [0.15, 0.2) is 0 Å². The maximum Gasteiger partial charge on any atom is 0.408 e. The van der Waals surface area contributed by atoms with E-state index in [-0.39, 0.29) is 23.7 Å². The normalized spacial score (nSPS) is 28.2. The van der Waals surface area contributed by atoms with Crippen molar-refractivity contribution in [2.45, 2.75) is 32.9 Å². The lowest BCUT2D eigenvalue weighted by Gasteiger charge is -2.28. The molecule has 1 N–H and O–H groups in total. The minimum atomic E-state index is -0.345. The Morgan fingerprint density at radius 1 is 1.62 bits per heavy atom. The number of halogens is 1. The molecule has 13 heavy (non-hydrogen) atoms. The largest absolute Gasteiger partial charge is 0.443 e. The zero-order valence-electron chi connectivity index (χ0n) is 8.06. The molecule has 1 rings (SSSR count). The predicted molar refractivity (Wildman–Crippen MR) is 59.8 cm³/mol. The molecule has 1 amide bonds. The van der Waals surface area contributed by atoms with Crippen LogP contribution < -0.4 is 5.32 Å². The van der Waals surface area contributed by atoms with Crippen molar-refractivity contribution in [3.8, 4) is 0 Å². The van der Waals surface area contributed by atoms with E-state index in [1.807, 2.05) is 20.8 Å². The molecule has 0 unspecified atom stereocenters. The zero-order chi connectivity index (χ0) is 10.2. The van der Waals surface area contributed by atoms with Crippen molar-refractivity contribution in [3.63, 3.8) is 0 Å². The van der Waals surface area contributed by atoms with Gasteiger partial charge in [0.25, 0.3) is 0 Å². The molecule has 0 bridgehead atoms. The second-order valence-electron chi connectivity index (χ2n) is 4.26. The Kier molecular flexibility index (Phi) is 2.89. The molecule has 1 aliphatic heterocycles. The molecule has 3 nitrogen and oxygen atoms in total. The van der Waals surface area contributed by atoms with E-state index in [2.05, 4.69) is 34.5 Å². The SMILES string of the molecule is C=C(I)[C@@H]1NC(=O)O[C@H]1C(C)(C)C. The average Bonchev–Trinajstić information content (AvgIpc) is 2.29. The van der Waals surface area contributed by atoms with E-state index in [1.165, 1.54) is 0 Å². The Morgan fingerprint density at radius 2 is 2.15 bits per heavy atom. The highest BCUT2D eigenvalue weighted by atomic mass is 127. The number of amides is 1. The number of carbonyl (C=O) groups excluding carboxylic acids is 1. The van der Waals surface area contributed by atoms with Gasteiger partial charge in [0, 0.05) is 8.99 Å². The fourth-order valence-electron chi connectivity index (χ4n) is 1.34. The summed E-state index contributed by atoms with van der Waals surface area (Å²) in [6, 6.07) is -0.0619. The first-order valence-electron chi connectivity index (χ1n) is 4.14. The summed E-state index contributed by atoms with van der Waals surface area (Å²) < 4.78 is 6.09. The van der Waals surface area contributed by atoms with E-state index in [0.29, 0.717) is 0 Å². The first-order chi connectivity index (χ1) is 5.82. The molecule has 0 aromatic rings. The van der Waals surface area contributed by atoms with Crippen molar-refractivity contribution in [3.05, 3.63) is 10.2 Å². The molecule has 74 valence electrons. The Bertz CT molecular complexity index is 244. The Labute approximate surface area is 92.1 Å². The number of rotatable bonds is 1. The summed E-state index contributed by atoms with van der Waals surface area (Å²) in [6.07, 6.45) is -0.466. The third kappa shape index (κ3) is 2.36. The van der Waals surface area contributed by atoms with Crippen LogP contribution in [0.2, 0.25) is 0 Å². The smallest absolute Gasteiger partial charge is 0.408 e. The van der Waals surface area contributed by atoms with Crippen LogP contribution in [0, 0.1) is 5.41 Å². The standard InChI is InChI=1S/C9H14INO2/c1-5(10)6-7(9(2,3)4)13-8(12)11-6/h6-7H,1H2,2-4H3,(H,11,12)/t6-,7+/m0/s1. The van der Waals surface area contributed by atoms with Crippen molar-refractivity contribution in [2.75, 3.05) is 0 Å². The quantitative estimate of drug-likeness (QED) is 0.755. The van der Waals surface area contributed by atoms with Crippen molar-refractivity contribution >= 4 is 28.7 Å². The molecule has 1 heterocycles. The third-order valence-electron chi connectivity index (χ3n) is 2.00. The van der Waals surface area contributed by atoms with Gasteiger partial charge in [0.1, 0.15) is 12.1 Å². The van der Waals surface area contributed by atoms with Crippen LogP contribution in [-0.2, 0) is 4.74 Å². The van der Waals surface area contributed by atoms with Crippen LogP contribution >= 0.6 is 22.6 Å². The summed E-state index contributed by atoms with van der Waals surface area (Å²) in [4.78, 5) is 11.0. The van der Waals surface area contributed by atoms with E-state index >= 15 is 0 Å². The molecule has 0 aromatic carbocycles. The average molecular weight is 295 g/mol. The fourth-order valence-corrected chi connectivity index (χ4v) is 1.82. The lowest BCUT2D eigenvalue weighted by atomic mass is 9.85. The summed E-state index contributed by atoms with van der Waals surface area (Å²) in [5.74, 6) is 0. The number of nitrogens with one attached hydrogen (secondary N) is 1. The maximum absolute atomic E-state index is 11.0. The van der Waals surface area contributed by atoms with Crippen LogP contribution in [0.3, 0.4) is 0 Å². The monoisotopic (exact) mass is 295 g/mol. The highest BCUT2D eigenvalue weighted by Gasteiger charge is 2.42. The Balaban J connectivity index is 2.84. The summed E-state index contributed by atoms with van der Waals surface area (Å²) in [6.45, 7) is 9.97. The molecule has 0 spiro atoms. The molecule has 0 radical (unpaired) electrons. The van der Waals surface area contributed by atoms with E-state index in [0.717, 1.165) is 3.58 Å². The second-order valence-corrected chi connectivity index (χ2v) is 5.65. The van der Waals surface area contributed by atoms with E-state index < -0.39 is 0 Å². The summed E-state index contributed by atoms with van der Waals surface area (Å²) >= 11 is 2.12. The first-order valence-corrected chi connectivity index (χ1v) is 5.21. The van der Waals surface area contributed by atoms with Crippen LogP contribution in [0.4, 0.5) is 4.79 Å². The van der Waals surface area contributed by atoms with E-state index in [9.17, 15) is 4.79 Å². The molecule has 1 saturated heterocycles. The Morgan fingerprint density at radius 3 is 2.46 bits per heavy atom. The fraction of sp³-hybridized carbons (Fsp3) is 0.667. The molecule has 2 atom stereocenters. The summed E-state index contributed by atoms with van der Waals surface area (Å²) in [5, 5.41) is 2.74. The number of alkyl carbamates (subject to hydrolysis) is 1. The first kappa shape index (κ1) is 10.8. The highest BCUT2D eigenvalue weighted by Crippen LogP contribution is 2.32. The van der Waals surface area contributed by atoms with Gasteiger partial charge < -0.3 is 10.1 Å². The number of hydrogen-bond acceptors (Lipinski definition) is 2. The third-order valence-corrected chi connectivity index (χ3v) is 2.67. The highest BCUT2D eigenvalue weighted by molar-refractivity contribution is 14.1. The van der Waals surface area contributed by atoms with Crippen LogP contribution in [-0.4, -0.2) is 18.2 Å². The van der Waals surface area contributed by atoms with Gasteiger partial charge in [-0.05, 0) is 22.6 Å². The predicted octanol–water partition coefficient (Wildman–Crippen LogP) is 2.46. The molecule has 0 aliphatic carbocycles. The lowest BCUT2D eigenvalue weighted by molar-refractivity contribution is 0.0629. The van der Waals surface area contributed by atoms with Crippen molar-refractivity contribution in [2.24, 2.45) is 5.41 Å². The minimum Gasteiger partial charge on any atom is -0.443 e. The van der Waals surface area contributed by atoms with Gasteiger partial charge in [-0.3, -0.25) is 0 Å². The maximum atomic E-state index is 11.0. The van der Waals surface area contributed by atoms with Crippen LogP contribution in [0.25, 0.3) is 0 Å². The molecule has 1 fully saturated rings. The van der Waals surface area contributed by atoms with Gasteiger partial charge in [-0.2, -0.15) is 0 Å². The van der Waals surface area contributed by atoms with Gasteiger partial charge >= 0.3 is 6.09 Å². The Hall–Kier alpha value is -0.260. The summed E-state index contributed by atoms with van der Waals surface area (Å²) in [5.41, 5.74) is -0.0576. The topological polar surface area (TPSA) is 38.3 Å². The van der Waals surface area contributed by atoms with Crippen LogP contribution in [0.1, 0.15) is 20.8 Å². The van der Waals surface area contributed by atoms with Crippen LogP contribution in [0.5, 0.6) is 0 Å². The number of ether oxygens (including phenoxy) is 1. The molecule has 4 heteroatoms. The lowest BCUT2D eigenvalue weighted by Crippen LogP contribution is -2.39. The van der Waals surface area contributed by atoms with Gasteiger partial charge in [-0.1, -0.05) is 27.4 Å². The molecule has 1 aliphatic rings. The van der Waals surface area contributed by atoms with E-state index in [1.54, 1.807) is 0 Å². The molecule has 0 aromatic heterocycles. The van der Waals surface area contributed by atoms with Crippen molar-refractivity contribution < 1.29 is 9.53 Å². The van der Waals surface area contributed by atoms with Gasteiger partial charge in [-0.25, -0.2) is 4.79 Å². The molecular formula is C9H14INO2. The van der Waals surface area contributed by atoms with Crippen molar-refractivity contribution in [1.82, 2.24) is 5.32 Å². The van der Waals surface area contributed by atoms with Crippen LogP contribution in [0.15, 0.2) is 10.2 Å². The second kappa shape index (κ2) is 3.48. The number of carbonyl (C=O) groups is 1. The van der Waals surface area contributed by atoms with Crippen molar-refractivity contribution in [1.29, 1.82) is 0 Å². The molecular weight excluding hydrogens is 281 g/mol. The van der Waals surface area contributed by atoms with Gasteiger partial charge in [0.2, 0.25) is 0 Å². The number of hydrogen-bond donors (Lipinski definition) is 1. The number of cyclic esters (lactones) is 1. The molecule has 0 saturated carbocycles. The summed E-state index contributed by atoms with van der Waals surface area (Å²) in [7, 11) is 0. The van der Waals surface area contributed by atoms with E-state index in [4.69, 9.17) is 4.74 Å².